The van der Waals surface area contributed by atoms with Gasteiger partial charge in [0.25, 0.3) is 0 Å². The smallest absolute Gasteiger partial charge is 0.227 e. The highest BCUT2D eigenvalue weighted by molar-refractivity contribution is 6.30. The summed E-state index contributed by atoms with van der Waals surface area (Å²) in [6, 6.07) is 24.2. The van der Waals surface area contributed by atoms with Crippen LogP contribution in [0.4, 0.5) is 0 Å². The maximum Gasteiger partial charge on any atom is 0.227 e. The van der Waals surface area contributed by atoms with E-state index >= 15 is 0 Å². The number of carbonyl (C=O) groups excluding carboxylic acids is 1. The van der Waals surface area contributed by atoms with E-state index in [1.54, 1.807) is 7.11 Å². The normalized spacial score (nSPS) is 22.3. The van der Waals surface area contributed by atoms with Crippen LogP contribution in [0.25, 0.3) is 0 Å². The molecule has 3 aromatic carbocycles. The number of hydrogen-bond acceptors (Lipinski definition) is 2. The fraction of sp³-hybridized carbons (Fsp3) is 0.269. The summed E-state index contributed by atoms with van der Waals surface area (Å²) in [5.74, 6) is 1.35. The van der Waals surface area contributed by atoms with Crippen molar-refractivity contribution in [2.75, 3.05) is 13.7 Å². The molecule has 4 heteroatoms. The van der Waals surface area contributed by atoms with E-state index in [2.05, 4.69) is 30.3 Å². The second-order valence-electron chi connectivity index (χ2n) is 8.13. The topological polar surface area (TPSA) is 29.5 Å². The monoisotopic (exact) mass is 417 g/mol. The van der Waals surface area contributed by atoms with Gasteiger partial charge in [-0.15, -0.1) is 0 Å². The molecule has 152 valence electrons. The fourth-order valence-electron chi connectivity index (χ4n) is 4.81. The van der Waals surface area contributed by atoms with Crippen LogP contribution in [0.1, 0.15) is 40.6 Å². The molecule has 0 aromatic heterocycles. The van der Waals surface area contributed by atoms with E-state index in [0.29, 0.717) is 17.5 Å². The first-order valence-corrected chi connectivity index (χ1v) is 10.8. The maximum atomic E-state index is 13.7. The molecule has 1 heterocycles. The number of hydrogen-bond donors (Lipinski definition) is 0. The molecular formula is C26H24ClNO2. The van der Waals surface area contributed by atoms with Crippen molar-refractivity contribution >= 4 is 17.5 Å². The minimum absolute atomic E-state index is 0.0466. The van der Waals surface area contributed by atoms with E-state index in [1.165, 1.54) is 11.1 Å². The average Bonchev–Trinajstić information content (AvgIpc) is 3.59. The van der Waals surface area contributed by atoms with Gasteiger partial charge in [-0.25, -0.2) is 0 Å². The fourth-order valence-corrected chi connectivity index (χ4v) is 4.99. The highest BCUT2D eigenvalue weighted by atomic mass is 35.5. The predicted octanol–water partition coefficient (Wildman–Crippen LogP) is 5.63. The molecule has 1 aliphatic heterocycles. The molecule has 2 aliphatic rings. The summed E-state index contributed by atoms with van der Waals surface area (Å²) in [6.07, 6.45) is 1.78. The van der Waals surface area contributed by atoms with Gasteiger partial charge in [0.1, 0.15) is 5.75 Å². The Morgan fingerprint density at radius 3 is 2.57 bits per heavy atom. The van der Waals surface area contributed by atoms with Crippen molar-refractivity contribution in [1.29, 1.82) is 0 Å². The Morgan fingerprint density at radius 1 is 1.00 bits per heavy atom. The van der Waals surface area contributed by atoms with Crippen LogP contribution < -0.4 is 4.74 Å². The molecule has 3 atom stereocenters. The molecule has 0 N–H and O–H groups in total. The summed E-state index contributed by atoms with van der Waals surface area (Å²) in [6.45, 7) is 0.703. The first-order chi connectivity index (χ1) is 14.7. The van der Waals surface area contributed by atoms with Crippen LogP contribution in [0, 0.1) is 5.92 Å². The zero-order valence-corrected chi connectivity index (χ0v) is 17.7. The lowest BCUT2D eigenvalue weighted by Crippen LogP contribution is -2.41. The molecule has 1 aliphatic carbocycles. The van der Waals surface area contributed by atoms with Gasteiger partial charge >= 0.3 is 0 Å². The molecule has 3 aromatic rings. The van der Waals surface area contributed by atoms with Crippen LogP contribution in [0.5, 0.6) is 5.75 Å². The molecule has 0 unspecified atom stereocenters. The number of methoxy groups -OCH3 is 1. The first kappa shape index (κ1) is 19.2. The summed E-state index contributed by atoms with van der Waals surface area (Å²) >= 11 is 6.37. The van der Waals surface area contributed by atoms with Gasteiger partial charge in [-0.3, -0.25) is 4.79 Å². The van der Waals surface area contributed by atoms with E-state index in [0.717, 1.165) is 29.7 Å². The molecule has 5 rings (SSSR count). The molecule has 0 radical (unpaired) electrons. The highest BCUT2D eigenvalue weighted by Crippen LogP contribution is 2.50. The zero-order valence-electron chi connectivity index (χ0n) is 16.9. The molecule has 30 heavy (non-hydrogen) atoms. The summed E-state index contributed by atoms with van der Waals surface area (Å²) in [5.41, 5.74) is 4.64. The van der Waals surface area contributed by atoms with Crippen molar-refractivity contribution < 1.29 is 9.53 Å². The highest BCUT2D eigenvalue weighted by Gasteiger charge is 2.48. The van der Waals surface area contributed by atoms with Crippen LogP contribution in [0.3, 0.4) is 0 Å². The van der Waals surface area contributed by atoms with E-state index in [1.807, 2.05) is 47.4 Å². The van der Waals surface area contributed by atoms with Crippen LogP contribution >= 0.6 is 11.6 Å². The van der Waals surface area contributed by atoms with Gasteiger partial charge < -0.3 is 9.64 Å². The van der Waals surface area contributed by atoms with Crippen molar-refractivity contribution in [3.8, 4) is 5.75 Å². The Bertz CT molecular complexity index is 1080. The van der Waals surface area contributed by atoms with E-state index in [9.17, 15) is 4.79 Å². The quantitative estimate of drug-likeness (QED) is 0.550. The third kappa shape index (κ3) is 3.37. The van der Waals surface area contributed by atoms with E-state index in [4.69, 9.17) is 16.3 Å². The van der Waals surface area contributed by atoms with Crippen molar-refractivity contribution in [3.63, 3.8) is 0 Å². The number of ether oxygens (including phenoxy) is 1. The lowest BCUT2D eigenvalue weighted by atomic mass is 9.87. The zero-order chi connectivity index (χ0) is 20.7. The Hall–Kier alpha value is -2.78. The Morgan fingerprint density at radius 2 is 1.77 bits per heavy atom. The number of nitrogens with zero attached hydrogens (tertiary/aromatic N) is 1. The molecule has 3 nitrogen and oxygen atoms in total. The van der Waals surface area contributed by atoms with Crippen molar-refractivity contribution in [2.24, 2.45) is 5.92 Å². The van der Waals surface area contributed by atoms with Gasteiger partial charge in [0.2, 0.25) is 5.91 Å². The van der Waals surface area contributed by atoms with Gasteiger partial charge in [-0.1, -0.05) is 66.2 Å². The van der Waals surface area contributed by atoms with E-state index < -0.39 is 0 Å². The maximum absolute atomic E-state index is 13.7. The van der Waals surface area contributed by atoms with Gasteiger partial charge in [0.15, 0.2) is 0 Å². The predicted molar refractivity (Wildman–Crippen MR) is 119 cm³/mol. The second kappa shape index (κ2) is 7.81. The van der Waals surface area contributed by atoms with Crippen LogP contribution in [-0.4, -0.2) is 24.5 Å². The summed E-state index contributed by atoms with van der Waals surface area (Å²) < 4.78 is 5.67. The van der Waals surface area contributed by atoms with Crippen molar-refractivity contribution in [3.05, 3.63) is 100 Å². The van der Waals surface area contributed by atoms with Gasteiger partial charge in [0, 0.05) is 23.0 Å². The number of amides is 1. The molecular weight excluding hydrogens is 394 g/mol. The second-order valence-corrected chi connectivity index (χ2v) is 8.57. The molecule has 0 spiro atoms. The number of rotatable bonds is 4. The number of halogens is 1. The van der Waals surface area contributed by atoms with Crippen molar-refractivity contribution in [1.82, 2.24) is 4.90 Å². The average molecular weight is 418 g/mol. The summed E-state index contributed by atoms with van der Waals surface area (Å²) in [4.78, 5) is 15.7. The largest absolute Gasteiger partial charge is 0.496 e. The van der Waals surface area contributed by atoms with Crippen LogP contribution in [0.15, 0.2) is 72.8 Å². The third-order valence-corrected chi connectivity index (χ3v) is 6.62. The van der Waals surface area contributed by atoms with Gasteiger partial charge in [-0.2, -0.15) is 0 Å². The lowest BCUT2D eigenvalue weighted by Gasteiger charge is -2.38. The summed E-state index contributed by atoms with van der Waals surface area (Å²) in [7, 11) is 1.67. The minimum Gasteiger partial charge on any atom is -0.496 e. The lowest BCUT2D eigenvalue weighted by molar-refractivity contribution is -0.134. The number of fused-ring (bicyclic) bond motifs is 1. The molecule has 1 amide bonds. The van der Waals surface area contributed by atoms with Crippen LogP contribution in [-0.2, 0) is 11.2 Å². The van der Waals surface area contributed by atoms with Crippen molar-refractivity contribution in [2.45, 2.75) is 24.8 Å². The minimum atomic E-state index is -0.187. The Kier molecular flexibility index (Phi) is 5.00. The molecule has 1 saturated carbocycles. The number of carbonyl (C=O) groups is 1. The summed E-state index contributed by atoms with van der Waals surface area (Å²) in [5, 5.41) is 0.648. The Labute approximate surface area is 182 Å². The molecule has 1 fully saturated rings. The molecule has 0 bridgehead atoms. The van der Waals surface area contributed by atoms with Gasteiger partial charge in [-0.05, 0) is 53.6 Å². The standard InChI is InChI=1S/C26H24ClNO2/c1-30-24-12-11-19(27)15-23(24)25-20-10-6-5-9-18(20)13-14-28(25)26(29)22-16-21(22)17-7-3-2-4-8-17/h2-12,15,21-22,25H,13-14,16H2,1H3/t21-,22+,25+/m1/s1. The third-order valence-electron chi connectivity index (χ3n) is 6.39. The van der Waals surface area contributed by atoms with Crippen LogP contribution in [0.2, 0.25) is 5.02 Å². The van der Waals surface area contributed by atoms with Gasteiger partial charge in [0.05, 0.1) is 13.2 Å². The Balaban J connectivity index is 1.53. The first-order valence-electron chi connectivity index (χ1n) is 10.4. The molecule has 0 saturated heterocycles. The van der Waals surface area contributed by atoms with E-state index in [-0.39, 0.29) is 17.9 Å². The SMILES string of the molecule is COc1ccc(Cl)cc1[C@@H]1c2ccccc2CCN1C(=O)[C@H]1C[C@@H]1c1ccccc1. The number of benzene rings is 3.